The van der Waals surface area contributed by atoms with E-state index >= 15 is 0 Å². The average molecular weight is 255 g/mol. The fourth-order valence-electron chi connectivity index (χ4n) is 2.16. The topological polar surface area (TPSA) is 50.2 Å². The lowest BCUT2D eigenvalue weighted by molar-refractivity contribution is 0.0695. The molecule has 1 N–H and O–H groups in total. The van der Waals surface area contributed by atoms with Crippen molar-refractivity contribution < 1.29 is 9.90 Å². The Morgan fingerprint density at radius 1 is 1.21 bits per heavy atom. The highest BCUT2D eigenvalue weighted by molar-refractivity contribution is 5.91. The highest BCUT2D eigenvalue weighted by Crippen LogP contribution is 2.26. The first-order chi connectivity index (χ1) is 9.24. The van der Waals surface area contributed by atoms with E-state index in [9.17, 15) is 9.90 Å². The molecule has 0 aliphatic rings. The van der Waals surface area contributed by atoms with Crippen LogP contribution in [-0.4, -0.2) is 16.1 Å². The average Bonchev–Trinajstić information content (AvgIpc) is 2.45. The van der Waals surface area contributed by atoms with Crippen molar-refractivity contribution in [3.8, 4) is 11.1 Å². The van der Waals surface area contributed by atoms with Gasteiger partial charge in [0, 0.05) is 18.0 Å². The third-order valence-electron chi connectivity index (χ3n) is 3.15. The van der Waals surface area contributed by atoms with Gasteiger partial charge in [-0.25, -0.2) is 4.79 Å². The summed E-state index contributed by atoms with van der Waals surface area (Å²) in [6.07, 6.45) is 5.98. The minimum Gasteiger partial charge on any atom is -0.478 e. The molecule has 0 aliphatic heterocycles. The third kappa shape index (κ3) is 2.99. The van der Waals surface area contributed by atoms with Crippen LogP contribution in [0.25, 0.3) is 11.1 Å². The molecular weight excluding hydrogens is 238 g/mol. The summed E-state index contributed by atoms with van der Waals surface area (Å²) in [7, 11) is 0. The van der Waals surface area contributed by atoms with E-state index in [4.69, 9.17) is 0 Å². The van der Waals surface area contributed by atoms with Gasteiger partial charge in [-0.15, -0.1) is 0 Å². The van der Waals surface area contributed by atoms with Gasteiger partial charge in [0.1, 0.15) is 0 Å². The standard InChI is InChI=1S/C16H17NO2/c1-2-3-9-13-14(12-7-5-4-6-8-12)10-17-11-15(13)16(18)19/h4-8,10-11H,2-3,9H2,1H3,(H,18,19). The molecule has 0 fully saturated rings. The SMILES string of the molecule is CCCCc1c(C(=O)O)cncc1-c1ccccc1. The van der Waals surface area contributed by atoms with Crippen LogP contribution in [0.4, 0.5) is 0 Å². The zero-order valence-corrected chi connectivity index (χ0v) is 11.0. The Morgan fingerprint density at radius 3 is 2.58 bits per heavy atom. The third-order valence-corrected chi connectivity index (χ3v) is 3.15. The molecule has 0 aliphatic carbocycles. The Labute approximate surface area is 112 Å². The minimum absolute atomic E-state index is 0.315. The van der Waals surface area contributed by atoms with Gasteiger partial charge in [0.25, 0.3) is 0 Å². The largest absolute Gasteiger partial charge is 0.478 e. The summed E-state index contributed by atoms with van der Waals surface area (Å²) in [6, 6.07) is 9.82. The lowest BCUT2D eigenvalue weighted by Gasteiger charge is -2.12. The molecule has 19 heavy (non-hydrogen) atoms. The first-order valence-corrected chi connectivity index (χ1v) is 6.49. The van der Waals surface area contributed by atoms with Gasteiger partial charge in [-0.2, -0.15) is 0 Å². The summed E-state index contributed by atoms with van der Waals surface area (Å²) >= 11 is 0. The van der Waals surface area contributed by atoms with Gasteiger partial charge in [-0.3, -0.25) is 4.98 Å². The van der Waals surface area contributed by atoms with E-state index in [-0.39, 0.29) is 0 Å². The van der Waals surface area contributed by atoms with E-state index in [2.05, 4.69) is 11.9 Å². The second-order valence-corrected chi connectivity index (χ2v) is 4.49. The number of hydrogen-bond donors (Lipinski definition) is 1. The van der Waals surface area contributed by atoms with E-state index in [0.717, 1.165) is 36.0 Å². The molecule has 1 heterocycles. The van der Waals surface area contributed by atoms with Crippen molar-refractivity contribution in [2.75, 3.05) is 0 Å². The molecular formula is C16H17NO2. The summed E-state index contributed by atoms with van der Waals surface area (Å²) in [5.74, 6) is -0.906. The number of benzene rings is 1. The van der Waals surface area contributed by atoms with Crippen molar-refractivity contribution in [1.29, 1.82) is 0 Å². The van der Waals surface area contributed by atoms with Crippen molar-refractivity contribution in [2.24, 2.45) is 0 Å². The maximum Gasteiger partial charge on any atom is 0.337 e. The second-order valence-electron chi connectivity index (χ2n) is 4.49. The summed E-state index contributed by atoms with van der Waals surface area (Å²) < 4.78 is 0. The molecule has 1 aromatic heterocycles. The van der Waals surface area contributed by atoms with Crippen molar-refractivity contribution in [3.63, 3.8) is 0 Å². The Morgan fingerprint density at radius 2 is 1.95 bits per heavy atom. The summed E-state index contributed by atoms with van der Waals surface area (Å²) in [4.78, 5) is 15.4. The summed E-state index contributed by atoms with van der Waals surface area (Å²) in [5, 5.41) is 9.30. The van der Waals surface area contributed by atoms with Crippen LogP contribution in [0.3, 0.4) is 0 Å². The molecule has 0 bridgehead atoms. The smallest absolute Gasteiger partial charge is 0.337 e. The van der Waals surface area contributed by atoms with Crippen LogP contribution in [0.15, 0.2) is 42.7 Å². The highest BCUT2D eigenvalue weighted by Gasteiger charge is 2.15. The second kappa shape index (κ2) is 6.14. The first kappa shape index (κ1) is 13.3. The van der Waals surface area contributed by atoms with E-state index in [1.54, 1.807) is 6.20 Å². The zero-order chi connectivity index (χ0) is 13.7. The Kier molecular flexibility index (Phi) is 4.29. The Balaban J connectivity index is 2.53. The number of carboxylic acids is 1. The van der Waals surface area contributed by atoms with Gasteiger partial charge >= 0.3 is 5.97 Å². The van der Waals surface area contributed by atoms with Crippen LogP contribution in [0.2, 0.25) is 0 Å². The molecule has 3 nitrogen and oxygen atoms in total. The van der Waals surface area contributed by atoms with Crippen LogP contribution in [0, 0.1) is 0 Å². The first-order valence-electron chi connectivity index (χ1n) is 6.49. The van der Waals surface area contributed by atoms with Crippen molar-refractivity contribution in [2.45, 2.75) is 26.2 Å². The number of hydrogen-bond acceptors (Lipinski definition) is 2. The highest BCUT2D eigenvalue weighted by atomic mass is 16.4. The van der Waals surface area contributed by atoms with Gasteiger partial charge in [-0.1, -0.05) is 43.7 Å². The van der Waals surface area contributed by atoms with Crippen LogP contribution >= 0.6 is 0 Å². The molecule has 1 aromatic carbocycles. The van der Waals surface area contributed by atoms with Gasteiger partial charge in [0.15, 0.2) is 0 Å². The molecule has 0 saturated carbocycles. The van der Waals surface area contributed by atoms with Crippen LogP contribution in [0.1, 0.15) is 35.7 Å². The molecule has 3 heteroatoms. The number of aromatic carboxylic acids is 1. The van der Waals surface area contributed by atoms with E-state index in [1.807, 2.05) is 30.3 Å². The predicted molar refractivity (Wildman–Crippen MR) is 75.2 cm³/mol. The monoisotopic (exact) mass is 255 g/mol. The number of rotatable bonds is 5. The molecule has 2 rings (SSSR count). The van der Waals surface area contributed by atoms with E-state index in [0.29, 0.717) is 5.56 Å². The lowest BCUT2D eigenvalue weighted by atomic mass is 9.94. The Hall–Kier alpha value is -2.16. The number of carboxylic acid groups (broad SMARTS) is 1. The van der Waals surface area contributed by atoms with Crippen LogP contribution in [-0.2, 0) is 6.42 Å². The van der Waals surface area contributed by atoms with Crippen molar-refractivity contribution in [3.05, 3.63) is 53.9 Å². The molecule has 0 amide bonds. The Bertz CT molecular complexity index is 564. The normalized spacial score (nSPS) is 10.4. The van der Waals surface area contributed by atoms with Gasteiger partial charge in [-0.05, 0) is 24.0 Å². The fourth-order valence-corrected chi connectivity index (χ4v) is 2.16. The van der Waals surface area contributed by atoms with E-state index < -0.39 is 5.97 Å². The molecule has 0 saturated heterocycles. The maximum absolute atomic E-state index is 11.3. The molecule has 0 unspecified atom stereocenters. The van der Waals surface area contributed by atoms with Crippen LogP contribution in [0.5, 0.6) is 0 Å². The summed E-state index contributed by atoms with van der Waals surface area (Å²) in [6.45, 7) is 2.10. The molecule has 0 spiro atoms. The number of pyridine rings is 1. The molecule has 0 atom stereocenters. The zero-order valence-electron chi connectivity index (χ0n) is 11.0. The number of aromatic nitrogens is 1. The number of nitrogens with zero attached hydrogens (tertiary/aromatic N) is 1. The number of unbranched alkanes of at least 4 members (excludes halogenated alkanes) is 1. The minimum atomic E-state index is -0.906. The van der Waals surface area contributed by atoms with Gasteiger partial charge < -0.3 is 5.11 Å². The van der Waals surface area contributed by atoms with Gasteiger partial charge in [0.2, 0.25) is 0 Å². The van der Waals surface area contributed by atoms with Crippen molar-refractivity contribution in [1.82, 2.24) is 4.98 Å². The molecule has 98 valence electrons. The fraction of sp³-hybridized carbons (Fsp3) is 0.250. The maximum atomic E-state index is 11.3. The quantitative estimate of drug-likeness (QED) is 0.884. The summed E-state index contributed by atoms with van der Waals surface area (Å²) in [5.41, 5.74) is 3.14. The molecule has 2 aromatic rings. The molecule has 0 radical (unpaired) electrons. The van der Waals surface area contributed by atoms with Gasteiger partial charge in [0.05, 0.1) is 5.56 Å². The van der Waals surface area contributed by atoms with Crippen LogP contribution < -0.4 is 0 Å². The lowest BCUT2D eigenvalue weighted by Crippen LogP contribution is -2.05. The number of carbonyl (C=O) groups is 1. The van der Waals surface area contributed by atoms with Crippen molar-refractivity contribution >= 4 is 5.97 Å². The van der Waals surface area contributed by atoms with E-state index in [1.165, 1.54) is 6.20 Å². The predicted octanol–water partition coefficient (Wildman–Crippen LogP) is 3.79.